The van der Waals surface area contributed by atoms with E-state index in [1.165, 1.54) is 0 Å². The minimum atomic E-state index is -0.307. The first kappa shape index (κ1) is 50.9. The summed E-state index contributed by atoms with van der Waals surface area (Å²) in [5.41, 5.74) is -1.05. The molecule has 2 aromatic rings. The number of hydrogen-bond acceptors (Lipinski definition) is 14. The van der Waals surface area contributed by atoms with Crippen LogP contribution in [0, 0.1) is 10.8 Å². The molecule has 4 heterocycles. The summed E-state index contributed by atoms with van der Waals surface area (Å²) in [5.74, 6) is 2.09. The van der Waals surface area contributed by atoms with Gasteiger partial charge in [0.1, 0.15) is 13.2 Å². The highest BCUT2D eigenvalue weighted by molar-refractivity contribution is 5.45. The maximum atomic E-state index is 6.10. The first-order valence-corrected chi connectivity index (χ1v) is 22.9. The van der Waals surface area contributed by atoms with E-state index in [-0.39, 0.29) is 81.4 Å². The van der Waals surface area contributed by atoms with Crippen LogP contribution in [0.25, 0.3) is 0 Å². The topological polar surface area (TPSA) is 150 Å². The van der Waals surface area contributed by atoms with Crippen LogP contribution in [0.5, 0.6) is 12.0 Å². The minimum absolute atomic E-state index is 0.0781. The monoisotopic (exact) mass is 863 g/mol. The van der Waals surface area contributed by atoms with Gasteiger partial charge in [-0.25, -0.2) is 0 Å². The van der Waals surface area contributed by atoms with Crippen molar-refractivity contribution >= 4 is 23.8 Å². The van der Waals surface area contributed by atoms with Crippen LogP contribution >= 0.6 is 0 Å². The Hall–Kier alpha value is -3.78. The van der Waals surface area contributed by atoms with Crippen molar-refractivity contribution in [3.63, 3.8) is 0 Å². The highest BCUT2D eigenvalue weighted by atomic mass is 16.5. The van der Waals surface area contributed by atoms with Gasteiger partial charge in [-0.2, -0.15) is 29.9 Å². The number of aromatic nitrogens is 6. The molecule has 350 valence electrons. The van der Waals surface area contributed by atoms with Crippen LogP contribution in [0.15, 0.2) is 25.3 Å². The summed E-state index contributed by atoms with van der Waals surface area (Å²) in [6.07, 6.45) is 8.72. The van der Waals surface area contributed by atoms with Crippen LogP contribution in [0.2, 0.25) is 0 Å². The van der Waals surface area contributed by atoms with Crippen molar-refractivity contribution in [2.24, 2.45) is 10.8 Å². The van der Waals surface area contributed by atoms with E-state index in [9.17, 15) is 0 Å². The Labute approximate surface area is 376 Å². The second-order valence-electron chi connectivity index (χ2n) is 24.5. The Bertz CT molecular complexity index is 1660. The second-order valence-corrected chi connectivity index (χ2v) is 24.5. The Balaban J connectivity index is 1.91. The third-order valence-corrected chi connectivity index (χ3v) is 11.0. The molecule has 2 fully saturated rings. The number of anilines is 4. The zero-order valence-electron chi connectivity index (χ0n) is 42.2. The summed E-state index contributed by atoms with van der Waals surface area (Å²) in [4.78, 5) is 34.9. The molecular weight excluding hydrogens is 777 g/mol. The quantitative estimate of drug-likeness (QED) is 0.0994. The number of rotatable bonds is 19. The molecule has 0 amide bonds. The van der Waals surface area contributed by atoms with Gasteiger partial charge in [0.05, 0.1) is 0 Å². The first-order chi connectivity index (χ1) is 28.2. The molecule has 0 aromatic carbocycles. The molecular formula is C48H86N12O2. The molecule has 0 aliphatic carbocycles. The van der Waals surface area contributed by atoms with Gasteiger partial charge in [0.25, 0.3) is 0 Å². The Kier molecular flexibility index (Phi) is 15.4. The predicted molar refractivity (Wildman–Crippen MR) is 258 cm³/mol. The van der Waals surface area contributed by atoms with Gasteiger partial charge in [0.15, 0.2) is 0 Å². The maximum absolute atomic E-state index is 6.10. The third-order valence-electron chi connectivity index (χ3n) is 11.0. The van der Waals surface area contributed by atoms with E-state index in [0.29, 0.717) is 36.9 Å². The van der Waals surface area contributed by atoms with Crippen molar-refractivity contribution < 1.29 is 9.47 Å². The van der Waals surface area contributed by atoms with Gasteiger partial charge in [-0.15, -0.1) is 0 Å². The van der Waals surface area contributed by atoms with Gasteiger partial charge in [-0.05, 0) is 132 Å². The lowest BCUT2D eigenvalue weighted by Gasteiger charge is -2.51. The van der Waals surface area contributed by atoms with Crippen molar-refractivity contribution in [1.29, 1.82) is 0 Å². The normalized spacial score (nSPS) is 19.3. The predicted octanol–water partition coefficient (Wildman–Crippen LogP) is 9.37. The molecule has 2 saturated heterocycles. The van der Waals surface area contributed by atoms with Crippen molar-refractivity contribution in [2.75, 3.05) is 46.7 Å². The zero-order valence-corrected chi connectivity index (χ0v) is 42.2. The number of hydrogen-bond donors (Lipinski definition) is 4. The Morgan fingerprint density at radius 3 is 1.13 bits per heavy atom. The molecule has 0 radical (unpaired) electrons. The molecule has 2 aromatic heterocycles. The van der Waals surface area contributed by atoms with Gasteiger partial charge >= 0.3 is 12.0 Å². The maximum Gasteiger partial charge on any atom is 0.323 e. The minimum Gasteiger partial charge on any atom is -0.459 e. The van der Waals surface area contributed by atoms with Gasteiger partial charge in [0, 0.05) is 58.4 Å². The van der Waals surface area contributed by atoms with Crippen LogP contribution in [0.4, 0.5) is 23.8 Å². The van der Waals surface area contributed by atoms with Crippen molar-refractivity contribution in [1.82, 2.24) is 40.5 Å². The highest BCUT2D eigenvalue weighted by Gasteiger charge is 2.44. The fourth-order valence-electron chi connectivity index (χ4n) is 10.9. The summed E-state index contributed by atoms with van der Waals surface area (Å²) < 4.78 is 12.2. The lowest BCUT2D eigenvalue weighted by atomic mass is 9.78. The zero-order chi connectivity index (χ0) is 46.7. The lowest BCUT2D eigenvalue weighted by molar-refractivity contribution is 0.153. The van der Waals surface area contributed by atoms with E-state index in [0.717, 1.165) is 38.5 Å². The number of nitrogens with one attached hydrogen (secondary N) is 4. The van der Waals surface area contributed by atoms with Crippen LogP contribution in [0.3, 0.4) is 0 Å². The third kappa shape index (κ3) is 16.1. The fraction of sp³-hybridized carbons (Fsp3) is 0.792. The molecule has 0 spiro atoms. The van der Waals surface area contributed by atoms with Crippen molar-refractivity contribution in [3.8, 4) is 12.0 Å². The fourth-order valence-corrected chi connectivity index (χ4v) is 10.9. The summed E-state index contributed by atoms with van der Waals surface area (Å²) in [5, 5.41) is 15.1. The first-order valence-electron chi connectivity index (χ1n) is 22.9. The smallest absolute Gasteiger partial charge is 0.323 e. The van der Waals surface area contributed by atoms with Crippen molar-refractivity contribution in [2.45, 2.75) is 208 Å². The van der Waals surface area contributed by atoms with Gasteiger partial charge in [-0.3, -0.25) is 0 Å². The molecule has 0 bridgehead atoms. The van der Waals surface area contributed by atoms with E-state index < -0.39 is 0 Å². The SMILES string of the molecule is C=CCOc1nc(NC(C)(C)CC(C)(C)C)nc(N(CCN(c2nc(NC(C)(C)CC(C)(C)C)nc(OCC=C)n2)C2CC(C)(C)NC(C)(C)C2)C2CC(C)(C)NC(C)(C)C2)n1. The standard InChI is InChI=1S/C48H86N12O2/c1-21-25-61-39-51-35(55-47(17,18)31-41(3,4)5)49-37(53-39)59(33-27-43(9,10)57-44(11,12)28-33)23-24-60(34-29-45(13,14)58-46(15,16)30-34)38-50-36(52-40(54-38)62-26-22-2)56-48(19,20)32-42(6,7)8/h21-22,33-34,57-58H,1-2,23-32H2,3-20H3,(H,49,51,53,55)(H,50,52,54,56). The molecule has 0 unspecified atom stereocenters. The molecule has 4 N–H and O–H groups in total. The van der Waals surface area contributed by atoms with Gasteiger partial charge < -0.3 is 40.5 Å². The summed E-state index contributed by atoms with van der Waals surface area (Å²) in [6, 6.07) is 0.675. The second kappa shape index (κ2) is 18.7. The largest absolute Gasteiger partial charge is 0.459 e. The Morgan fingerprint density at radius 1 is 0.548 bits per heavy atom. The number of ether oxygens (including phenoxy) is 2. The van der Waals surface area contributed by atoms with Crippen molar-refractivity contribution in [3.05, 3.63) is 25.3 Å². The van der Waals surface area contributed by atoms with Crippen LogP contribution in [-0.2, 0) is 0 Å². The summed E-state index contributed by atoms with van der Waals surface area (Å²) in [6.45, 7) is 50.0. The molecule has 14 nitrogen and oxygen atoms in total. The average Bonchev–Trinajstić information content (AvgIpc) is 3.02. The van der Waals surface area contributed by atoms with E-state index in [1.807, 2.05) is 0 Å². The van der Waals surface area contributed by atoms with E-state index >= 15 is 0 Å². The summed E-state index contributed by atoms with van der Waals surface area (Å²) in [7, 11) is 0. The number of nitrogens with zero attached hydrogens (tertiary/aromatic N) is 8. The van der Waals surface area contributed by atoms with Gasteiger partial charge in [-0.1, -0.05) is 66.9 Å². The number of piperidine rings is 2. The van der Waals surface area contributed by atoms with Gasteiger partial charge in [0.2, 0.25) is 23.8 Å². The molecule has 2 aliphatic heterocycles. The molecule has 2 aliphatic rings. The van der Waals surface area contributed by atoms with Crippen LogP contribution in [0.1, 0.15) is 163 Å². The van der Waals surface area contributed by atoms with E-state index in [2.05, 4.69) is 169 Å². The molecule has 14 heteroatoms. The highest BCUT2D eigenvalue weighted by Crippen LogP contribution is 2.37. The van der Waals surface area contributed by atoms with Crippen LogP contribution in [-0.4, -0.2) is 102 Å². The molecule has 62 heavy (non-hydrogen) atoms. The lowest BCUT2D eigenvalue weighted by Crippen LogP contribution is -2.64. The van der Waals surface area contributed by atoms with E-state index in [1.54, 1.807) is 12.2 Å². The Morgan fingerprint density at radius 2 is 0.855 bits per heavy atom. The summed E-state index contributed by atoms with van der Waals surface area (Å²) >= 11 is 0. The van der Waals surface area contributed by atoms with Crippen LogP contribution < -0.4 is 40.5 Å². The average molecular weight is 863 g/mol. The molecule has 0 atom stereocenters. The molecule has 0 saturated carbocycles. The van der Waals surface area contributed by atoms with E-state index in [4.69, 9.17) is 39.4 Å². The molecule has 4 rings (SSSR count).